The second-order valence-corrected chi connectivity index (χ2v) is 4.06. The number of aromatic hydroxyl groups is 1. The van der Waals surface area contributed by atoms with Gasteiger partial charge >= 0.3 is 0 Å². The van der Waals surface area contributed by atoms with E-state index in [9.17, 15) is 5.11 Å². The van der Waals surface area contributed by atoms with Gasteiger partial charge in [-0.05, 0) is 34.5 Å². The number of halogens is 1. The molecule has 2 aromatic rings. The van der Waals surface area contributed by atoms with Gasteiger partial charge in [0.25, 0.3) is 0 Å². The third-order valence-corrected chi connectivity index (χ3v) is 2.76. The first-order valence-corrected chi connectivity index (χ1v) is 5.09. The number of anilines is 1. The van der Waals surface area contributed by atoms with Crippen molar-refractivity contribution >= 4 is 21.8 Å². The highest BCUT2D eigenvalue weighted by atomic mass is 79.9. The fourth-order valence-corrected chi connectivity index (χ4v) is 1.73. The van der Waals surface area contributed by atoms with Crippen LogP contribution in [0.1, 0.15) is 5.56 Å². The number of phenols is 1. The number of benzene rings is 1. The molecule has 0 bridgehead atoms. The van der Waals surface area contributed by atoms with E-state index in [1.807, 2.05) is 13.0 Å². The summed E-state index contributed by atoms with van der Waals surface area (Å²) in [4.78, 5) is 0. The summed E-state index contributed by atoms with van der Waals surface area (Å²) < 4.78 is 5.39. The Morgan fingerprint density at radius 2 is 2.20 bits per heavy atom. The van der Waals surface area contributed by atoms with Crippen LogP contribution in [-0.2, 0) is 0 Å². The smallest absolute Gasteiger partial charge is 0.222 e. The maximum atomic E-state index is 9.87. The van der Waals surface area contributed by atoms with Crippen LogP contribution in [0.4, 0.5) is 5.88 Å². The predicted molar refractivity (Wildman–Crippen MR) is 60.5 cm³/mol. The van der Waals surface area contributed by atoms with Crippen molar-refractivity contribution in [3.8, 4) is 17.0 Å². The lowest BCUT2D eigenvalue weighted by atomic mass is 10.0. The summed E-state index contributed by atoms with van der Waals surface area (Å²) in [5.41, 5.74) is 7.50. The molecule has 0 aliphatic rings. The molecule has 0 radical (unpaired) electrons. The predicted octanol–water partition coefficient (Wildman–Crippen LogP) is 2.70. The van der Waals surface area contributed by atoms with E-state index in [1.165, 1.54) is 0 Å². The average Bonchev–Trinajstić information content (AvgIpc) is 2.59. The fraction of sp³-hybridized carbons (Fsp3) is 0.100. The summed E-state index contributed by atoms with van der Waals surface area (Å²) in [6.07, 6.45) is 0. The van der Waals surface area contributed by atoms with Crippen molar-refractivity contribution in [2.24, 2.45) is 0 Å². The summed E-state index contributed by atoms with van der Waals surface area (Å²) in [6.45, 7) is 1.88. The first-order chi connectivity index (χ1) is 7.09. The van der Waals surface area contributed by atoms with Gasteiger partial charge in [0.1, 0.15) is 11.4 Å². The number of aryl methyl sites for hydroxylation is 1. The minimum atomic E-state index is 0.142. The first-order valence-electron chi connectivity index (χ1n) is 4.30. The molecule has 4 nitrogen and oxygen atoms in total. The lowest BCUT2D eigenvalue weighted by molar-refractivity contribution is 0.437. The van der Waals surface area contributed by atoms with E-state index >= 15 is 0 Å². The van der Waals surface area contributed by atoms with E-state index in [0.29, 0.717) is 15.7 Å². The zero-order valence-corrected chi connectivity index (χ0v) is 9.58. The quantitative estimate of drug-likeness (QED) is 0.834. The Hall–Kier alpha value is -1.49. The van der Waals surface area contributed by atoms with Gasteiger partial charge in [0.2, 0.25) is 5.88 Å². The van der Waals surface area contributed by atoms with Crippen molar-refractivity contribution in [1.82, 2.24) is 5.16 Å². The Balaban J connectivity index is 2.66. The molecule has 5 heteroatoms. The maximum absolute atomic E-state index is 9.87. The van der Waals surface area contributed by atoms with Gasteiger partial charge in [0.05, 0.1) is 4.47 Å². The molecule has 0 aliphatic carbocycles. The lowest BCUT2D eigenvalue weighted by Gasteiger charge is -2.06. The van der Waals surface area contributed by atoms with E-state index in [4.69, 9.17) is 10.3 Å². The molecule has 0 atom stereocenters. The average molecular weight is 269 g/mol. The van der Waals surface area contributed by atoms with Crippen LogP contribution in [0.5, 0.6) is 5.75 Å². The number of nitrogens with two attached hydrogens (primary N) is 1. The van der Waals surface area contributed by atoms with Crippen LogP contribution in [0.15, 0.2) is 27.2 Å². The number of nitrogens with zero attached hydrogens (tertiary/aromatic N) is 1. The van der Waals surface area contributed by atoms with Crippen LogP contribution in [-0.4, -0.2) is 10.3 Å². The van der Waals surface area contributed by atoms with Crippen molar-refractivity contribution in [2.45, 2.75) is 6.92 Å². The van der Waals surface area contributed by atoms with E-state index < -0.39 is 0 Å². The molecular weight excluding hydrogens is 260 g/mol. The Kier molecular flexibility index (Phi) is 2.40. The van der Waals surface area contributed by atoms with E-state index in [-0.39, 0.29) is 11.6 Å². The largest absolute Gasteiger partial charge is 0.506 e. The number of hydrogen-bond acceptors (Lipinski definition) is 4. The molecule has 78 valence electrons. The summed E-state index contributed by atoms with van der Waals surface area (Å²) in [6, 6.07) is 5.23. The Morgan fingerprint density at radius 1 is 1.47 bits per heavy atom. The number of nitrogen functional groups attached to an aromatic ring is 1. The fourth-order valence-electron chi connectivity index (χ4n) is 1.40. The normalized spacial score (nSPS) is 10.5. The molecule has 15 heavy (non-hydrogen) atoms. The third-order valence-electron chi connectivity index (χ3n) is 2.12. The summed E-state index contributed by atoms with van der Waals surface area (Å²) in [5, 5.41) is 13.6. The van der Waals surface area contributed by atoms with Gasteiger partial charge in [-0.1, -0.05) is 11.2 Å². The van der Waals surface area contributed by atoms with Crippen LogP contribution in [0.3, 0.4) is 0 Å². The van der Waals surface area contributed by atoms with Gasteiger partial charge in [-0.3, -0.25) is 0 Å². The zero-order chi connectivity index (χ0) is 11.0. The Morgan fingerprint density at radius 3 is 2.80 bits per heavy atom. The number of rotatable bonds is 1. The van der Waals surface area contributed by atoms with Crippen LogP contribution in [0.2, 0.25) is 0 Å². The first kappa shape index (κ1) is 10.0. The summed E-state index contributed by atoms with van der Waals surface area (Å²) in [5.74, 6) is 0.368. The Bertz CT molecular complexity index is 508. The van der Waals surface area contributed by atoms with E-state index in [2.05, 4.69) is 21.1 Å². The number of aromatic nitrogens is 1. The molecule has 0 aliphatic heterocycles. The van der Waals surface area contributed by atoms with Crippen molar-refractivity contribution < 1.29 is 9.63 Å². The van der Waals surface area contributed by atoms with Gasteiger partial charge in [0.15, 0.2) is 0 Å². The second kappa shape index (κ2) is 3.58. The SMILES string of the molecule is Cc1ccc(Br)c(O)c1-c1cc(N)on1. The molecule has 0 amide bonds. The van der Waals surface area contributed by atoms with Crippen LogP contribution in [0, 0.1) is 6.92 Å². The van der Waals surface area contributed by atoms with E-state index in [0.717, 1.165) is 5.56 Å². The molecule has 2 rings (SSSR count). The molecule has 1 aromatic heterocycles. The Labute approximate surface area is 94.8 Å². The summed E-state index contributed by atoms with van der Waals surface area (Å²) in [7, 11) is 0. The molecule has 3 N–H and O–H groups in total. The zero-order valence-electron chi connectivity index (χ0n) is 7.99. The van der Waals surface area contributed by atoms with Crippen molar-refractivity contribution in [2.75, 3.05) is 5.73 Å². The molecule has 0 saturated carbocycles. The standard InChI is InChI=1S/C10H9BrN2O2/c1-5-2-3-6(11)10(14)9(5)7-4-8(12)15-13-7/h2-4,14H,12H2,1H3. The molecule has 1 aromatic carbocycles. The maximum Gasteiger partial charge on any atom is 0.222 e. The highest BCUT2D eigenvalue weighted by Gasteiger charge is 2.14. The lowest BCUT2D eigenvalue weighted by Crippen LogP contribution is -1.85. The minimum absolute atomic E-state index is 0.142. The van der Waals surface area contributed by atoms with Gasteiger partial charge in [-0.25, -0.2) is 0 Å². The van der Waals surface area contributed by atoms with Gasteiger partial charge < -0.3 is 15.4 Å². The van der Waals surface area contributed by atoms with Crippen molar-refractivity contribution in [3.63, 3.8) is 0 Å². The molecule has 1 heterocycles. The number of hydrogen-bond donors (Lipinski definition) is 2. The minimum Gasteiger partial charge on any atom is -0.506 e. The van der Waals surface area contributed by atoms with Gasteiger partial charge in [-0.15, -0.1) is 0 Å². The van der Waals surface area contributed by atoms with E-state index in [1.54, 1.807) is 12.1 Å². The second-order valence-electron chi connectivity index (χ2n) is 3.20. The summed E-state index contributed by atoms with van der Waals surface area (Å²) >= 11 is 3.24. The van der Waals surface area contributed by atoms with Crippen LogP contribution < -0.4 is 5.73 Å². The topological polar surface area (TPSA) is 72.3 Å². The molecule has 0 fully saturated rings. The van der Waals surface area contributed by atoms with Gasteiger partial charge in [-0.2, -0.15) is 0 Å². The monoisotopic (exact) mass is 268 g/mol. The third kappa shape index (κ3) is 1.70. The van der Waals surface area contributed by atoms with Crippen molar-refractivity contribution in [3.05, 3.63) is 28.2 Å². The molecule has 0 spiro atoms. The molecule has 0 unspecified atom stereocenters. The highest BCUT2D eigenvalue weighted by molar-refractivity contribution is 9.10. The molecular formula is C10H9BrN2O2. The van der Waals surface area contributed by atoms with Crippen LogP contribution >= 0.6 is 15.9 Å². The number of phenolic OH excluding ortho intramolecular Hbond substituents is 1. The van der Waals surface area contributed by atoms with Crippen molar-refractivity contribution in [1.29, 1.82) is 0 Å². The molecule has 0 saturated heterocycles. The van der Waals surface area contributed by atoms with Crippen LogP contribution in [0.25, 0.3) is 11.3 Å². The highest BCUT2D eigenvalue weighted by Crippen LogP contribution is 2.37. The van der Waals surface area contributed by atoms with Gasteiger partial charge in [0, 0.05) is 11.6 Å².